The predicted molar refractivity (Wildman–Crippen MR) is 68.5 cm³/mol. The molecule has 0 fully saturated rings. The van der Waals surface area contributed by atoms with E-state index in [9.17, 15) is 15.0 Å². The highest BCUT2D eigenvalue weighted by atomic mass is 16.5. The molecule has 4 heteroatoms. The first kappa shape index (κ1) is 14.5. The van der Waals surface area contributed by atoms with Gasteiger partial charge in [0.05, 0.1) is 18.6 Å². The third kappa shape index (κ3) is 3.23. The van der Waals surface area contributed by atoms with Crippen molar-refractivity contribution in [3.63, 3.8) is 0 Å². The third-order valence-electron chi connectivity index (χ3n) is 2.88. The Morgan fingerprint density at radius 1 is 1.33 bits per heavy atom. The standard InChI is InChI=1S/C14H20O4/c1-4-18-11-8-6-5-7-10(11)13(15)12(9(2)3)14(16)17/h5-9,12-13,15H,4H2,1-3H3,(H,16,17). The first-order valence-corrected chi connectivity index (χ1v) is 6.11. The summed E-state index contributed by atoms with van der Waals surface area (Å²) in [5.74, 6) is -1.46. The fraction of sp³-hybridized carbons (Fsp3) is 0.500. The van der Waals surface area contributed by atoms with E-state index >= 15 is 0 Å². The van der Waals surface area contributed by atoms with Crippen LogP contribution >= 0.6 is 0 Å². The first-order valence-electron chi connectivity index (χ1n) is 6.11. The number of aliphatic hydroxyl groups excluding tert-OH is 1. The Hall–Kier alpha value is -1.55. The second-order valence-electron chi connectivity index (χ2n) is 4.52. The molecule has 100 valence electrons. The molecular weight excluding hydrogens is 232 g/mol. The van der Waals surface area contributed by atoms with Crippen LogP contribution < -0.4 is 4.74 Å². The third-order valence-corrected chi connectivity index (χ3v) is 2.88. The molecule has 0 amide bonds. The highest BCUT2D eigenvalue weighted by molar-refractivity contribution is 5.71. The Morgan fingerprint density at radius 2 is 1.94 bits per heavy atom. The van der Waals surface area contributed by atoms with E-state index in [-0.39, 0.29) is 5.92 Å². The van der Waals surface area contributed by atoms with Gasteiger partial charge in [-0.2, -0.15) is 0 Å². The zero-order valence-corrected chi connectivity index (χ0v) is 11.0. The van der Waals surface area contributed by atoms with Gasteiger partial charge in [-0.3, -0.25) is 4.79 Å². The Labute approximate surface area is 107 Å². The number of benzene rings is 1. The van der Waals surface area contributed by atoms with Gasteiger partial charge in [0.1, 0.15) is 5.75 Å². The molecule has 18 heavy (non-hydrogen) atoms. The molecule has 1 aromatic carbocycles. The van der Waals surface area contributed by atoms with E-state index in [2.05, 4.69) is 0 Å². The highest BCUT2D eigenvalue weighted by Crippen LogP contribution is 2.33. The minimum atomic E-state index is -1.06. The monoisotopic (exact) mass is 252 g/mol. The van der Waals surface area contributed by atoms with Crippen molar-refractivity contribution < 1.29 is 19.7 Å². The van der Waals surface area contributed by atoms with Gasteiger partial charge >= 0.3 is 5.97 Å². The number of para-hydroxylation sites is 1. The molecule has 0 aromatic heterocycles. The predicted octanol–water partition coefficient (Wildman–Crippen LogP) is 2.48. The van der Waals surface area contributed by atoms with Gasteiger partial charge in [-0.1, -0.05) is 32.0 Å². The zero-order valence-electron chi connectivity index (χ0n) is 11.0. The van der Waals surface area contributed by atoms with E-state index in [0.717, 1.165) is 0 Å². The number of rotatable bonds is 6. The molecule has 2 unspecified atom stereocenters. The summed E-state index contributed by atoms with van der Waals surface area (Å²) in [6.07, 6.45) is -1.06. The summed E-state index contributed by atoms with van der Waals surface area (Å²) in [5.41, 5.74) is 0.528. The maximum Gasteiger partial charge on any atom is 0.309 e. The molecule has 0 aliphatic carbocycles. The fourth-order valence-corrected chi connectivity index (χ4v) is 1.99. The van der Waals surface area contributed by atoms with E-state index < -0.39 is 18.0 Å². The highest BCUT2D eigenvalue weighted by Gasteiger charge is 2.32. The van der Waals surface area contributed by atoms with Gasteiger partial charge in [-0.05, 0) is 18.9 Å². The van der Waals surface area contributed by atoms with Crippen molar-refractivity contribution in [1.29, 1.82) is 0 Å². The van der Waals surface area contributed by atoms with Crippen LogP contribution in [0.4, 0.5) is 0 Å². The summed E-state index contributed by atoms with van der Waals surface area (Å²) < 4.78 is 5.41. The molecular formula is C14H20O4. The SMILES string of the molecule is CCOc1ccccc1C(O)C(C(=O)O)C(C)C. The fourth-order valence-electron chi connectivity index (χ4n) is 1.99. The lowest BCUT2D eigenvalue weighted by Crippen LogP contribution is -2.27. The number of carbonyl (C=O) groups is 1. The molecule has 1 aromatic rings. The number of carboxylic acid groups (broad SMARTS) is 1. The Morgan fingerprint density at radius 3 is 2.44 bits per heavy atom. The van der Waals surface area contributed by atoms with E-state index in [1.54, 1.807) is 38.1 Å². The van der Waals surface area contributed by atoms with Crippen LogP contribution in [0.5, 0.6) is 5.75 Å². The zero-order chi connectivity index (χ0) is 13.7. The van der Waals surface area contributed by atoms with Gasteiger partial charge in [0, 0.05) is 5.56 Å². The van der Waals surface area contributed by atoms with Crippen LogP contribution in [0.2, 0.25) is 0 Å². The quantitative estimate of drug-likeness (QED) is 0.816. The van der Waals surface area contributed by atoms with Crippen molar-refractivity contribution in [2.75, 3.05) is 6.61 Å². The van der Waals surface area contributed by atoms with Crippen LogP contribution in [0.3, 0.4) is 0 Å². The van der Waals surface area contributed by atoms with Crippen LogP contribution in [0.15, 0.2) is 24.3 Å². The van der Waals surface area contributed by atoms with Crippen LogP contribution in [-0.4, -0.2) is 22.8 Å². The van der Waals surface area contributed by atoms with E-state index in [1.165, 1.54) is 0 Å². The summed E-state index contributed by atoms with van der Waals surface area (Å²) in [6, 6.07) is 7.00. The van der Waals surface area contributed by atoms with Gasteiger partial charge in [0.2, 0.25) is 0 Å². The summed E-state index contributed by atoms with van der Waals surface area (Å²) in [5, 5.41) is 19.5. The number of ether oxygens (including phenoxy) is 1. The maximum atomic E-state index is 11.2. The van der Waals surface area contributed by atoms with E-state index in [0.29, 0.717) is 17.9 Å². The Balaban J connectivity index is 3.08. The van der Waals surface area contributed by atoms with E-state index in [1.807, 2.05) is 6.92 Å². The molecule has 0 aliphatic heterocycles. The van der Waals surface area contributed by atoms with Gasteiger partial charge in [-0.15, -0.1) is 0 Å². The summed E-state index contributed by atoms with van der Waals surface area (Å²) >= 11 is 0. The maximum absolute atomic E-state index is 11.2. The van der Waals surface area contributed by atoms with Crippen LogP contribution in [-0.2, 0) is 4.79 Å². The molecule has 4 nitrogen and oxygen atoms in total. The number of hydrogen-bond donors (Lipinski definition) is 2. The largest absolute Gasteiger partial charge is 0.493 e. The number of carboxylic acids is 1. The van der Waals surface area contributed by atoms with Crippen molar-refractivity contribution in [2.24, 2.45) is 11.8 Å². The van der Waals surface area contributed by atoms with Crippen LogP contribution in [0.25, 0.3) is 0 Å². The molecule has 2 atom stereocenters. The average molecular weight is 252 g/mol. The molecule has 0 heterocycles. The second-order valence-corrected chi connectivity index (χ2v) is 4.52. The molecule has 0 bridgehead atoms. The Kier molecular flexibility index (Phi) is 5.16. The summed E-state index contributed by atoms with van der Waals surface area (Å²) in [7, 11) is 0. The van der Waals surface area contributed by atoms with Crippen LogP contribution in [0, 0.1) is 11.8 Å². The molecule has 0 aliphatic rings. The average Bonchev–Trinajstić information content (AvgIpc) is 2.29. The molecule has 2 N–H and O–H groups in total. The van der Waals surface area contributed by atoms with Crippen molar-refractivity contribution >= 4 is 5.97 Å². The molecule has 0 radical (unpaired) electrons. The Bertz CT molecular complexity index is 401. The van der Waals surface area contributed by atoms with Gasteiger partial charge in [0.25, 0.3) is 0 Å². The molecule has 0 saturated heterocycles. The van der Waals surface area contributed by atoms with Crippen molar-refractivity contribution in [2.45, 2.75) is 26.9 Å². The lowest BCUT2D eigenvalue weighted by Gasteiger charge is -2.24. The van der Waals surface area contributed by atoms with E-state index in [4.69, 9.17) is 4.74 Å². The minimum Gasteiger partial charge on any atom is -0.493 e. The molecule has 0 saturated carbocycles. The minimum absolute atomic E-state index is 0.160. The van der Waals surface area contributed by atoms with Crippen molar-refractivity contribution in [1.82, 2.24) is 0 Å². The van der Waals surface area contributed by atoms with Gasteiger partial charge < -0.3 is 14.9 Å². The lowest BCUT2D eigenvalue weighted by molar-refractivity contribution is -0.148. The van der Waals surface area contributed by atoms with Crippen LogP contribution in [0.1, 0.15) is 32.4 Å². The van der Waals surface area contributed by atoms with Gasteiger partial charge in [-0.25, -0.2) is 0 Å². The van der Waals surface area contributed by atoms with Crippen molar-refractivity contribution in [3.05, 3.63) is 29.8 Å². The summed E-state index contributed by atoms with van der Waals surface area (Å²) in [6.45, 7) is 5.89. The van der Waals surface area contributed by atoms with Gasteiger partial charge in [0.15, 0.2) is 0 Å². The smallest absolute Gasteiger partial charge is 0.309 e. The number of hydrogen-bond acceptors (Lipinski definition) is 3. The molecule has 1 rings (SSSR count). The number of aliphatic hydroxyl groups is 1. The van der Waals surface area contributed by atoms with Crippen molar-refractivity contribution in [3.8, 4) is 5.75 Å². The normalized spacial score (nSPS) is 14.3. The topological polar surface area (TPSA) is 66.8 Å². The first-order chi connectivity index (χ1) is 8.49. The number of aliphatic carboxylic acids is 1. The molecule has 0 spiro atoms. The second kappa shape index (κ2) is 6.40. The summed E-state index contributed by atoms with van der Waals surface area (Å²) in [4.78, 5) is 11.2. The lowest BCUT2D eigenvalue weighted by atomic mass is 9.86.